The predicted octanol–water partition coefficient (Wildman–Crippen LogP) is 5.73. The van der Waals surface area contributed by atoms with Crippen LogP contribution in [0.15, 0.2) is 59.7 Å². The van der Waals surface area contributed by atoms with E-state index in [0.29, 0.717) is 11.1 Å². The van der Waals surface area contributed by atoms with Gasteiger partial charge in [-0.3, -0.25) is 9.59 Å². The topological polar surface area (TPSA) is 34.1 Å². The molecule has 0 N–H and O–H groups in total. The lowest BCUT2D eigenvalue weighted by molar-refractivity contribution is -0.114. The van der Waals surface area contributed by atoms with E-state index in [2.05, 4.69) is 0 Å². The van der Waals surface area contributed by atoms with E-state index in [1.807, 2.05) is 75.4 Å². The number of benzene rings is 2. The van der Waals surface area contributed by atoms with Crippen LogP contribution < -0.4 is 0 Å². The smallest absolute Gasteiger partial charge is 0.162 e. The van der Waals surface area contributed by atoms with Gasteiger partial charge in [0, 0.05) is 6.42 Å². The highest BCUT2D eigenvalue weighted by Gasteiger charge is 2.15. The Morgan fingerprint density at radius 2 is 1.31 bits per heavy atom. The molecule has 26 heavy (non-hydrogen) atoms. The number of hydrogen-bond donors (Lipinski definition) is 0. The highest BCUT2D eigenvalue weighted by atomic mass is 16.1. The van der Waals surface area contributed by atoms with Crippen LogP contribution in [0.25, 0.3) is 11.6 Å². The van der Waals surface area contributed by atoms with Gasteiger partial charge in [0.05, 0.1) is 0 Å². The van der Waals surface area contributed by atoms with Gasteiger partial charge in [-0.15, -0.1) is 0 Å². The average Bonchev–Trinajstić information content (AvgIpc) is 2.61. The van der Waals surface area contributed by atoms with Crippen molar-refractivity contribution in [3.05, 3.63) is 81.9 Å². The Bertz CT molecular complexity index is 863. The van der Waals surface area contributed by atoms with Crippen LogP contribution in [-0.2, 0) is 9.59 Å². The highest BCUT2D eigenvalue weighted by Crippen LogP contribution is 2.25. The third-order valence-corrected chi connectivity index (χ3v) is 4.62. The van der Waals surface area contributed by atoms with Gasteiger partial charge in [0.1, 0.15) is 0 Å². The van der Waals surface area contributed by atoms with Gasteiger partial charge in [0.2, 0.25) is 0 Å². The van der Waals surface area contributed by atoms with Gasteiger partial charge < -0.3 is 0 Å². The molecule has 0 aliphatic heterocycles. The minimum Gasteiger partial charge on any atom is -0.295 e. The number of carbonyl (C=O) groups is 2. The Hall–Kier alpha value is -2.74. The van der Waals surface area contributed by atoms with E-state index in [9.17, 15) is 9.59 Å². The van der Waals surface area contributed by atoms with E-state index in [1.165, 1.54) is 5.56 Å². The number of carbonyl (C=O) groups excluding carboxylic acids is 2. The molecule has 0 spiro atoms. The zero-order chi connectivity index (χ0) is 19.3. The molecule has 2 rings (SSSR count). The molecule has 0 fully saturated rings. The number of allylic oxidation sites excluding steroid dienone is 3. The van der Waals surface area contributed by atoms with E-state index in [1.54, 1.807) is 13.8 Å². The van der Waals surface area contributed by atoms with Crippen LogP contribution in [-0.4, -0.2) is 11.6 Å². The van der Waals surface area contributed by atoms with Crippen LogP contribution in [0.5, 0.6) is 0 Å². The minimum absolute atomic E-state index is 0.00598. The summed E-state index contributed by atoms with van der Waals surface area (Å²) in [5.41, 5.74) is 6.41. The molecule has 0 aliphatic carbocycles. The molecule has 2 aromatic carbocycles. The lowest BCUT2D eigenvalue weighted by Crippen LogP contribution is -2.06. The Morgan fingerprint density at radius 3 is 1.81 bits per heavy atom. The largest absolute Gasteiger partial charge is 0.295 e. The summed E-state index contributed by atoms with van der Waals surface area (Å²) in [7, 11) is 0. The van der Waals surface area contributed by atoms with Gasteiger partial charge in [-0.2, -0.15) is 0 Å². The molecule has 0 atom stereocenters. The van der Waals surface area contributed by atoms with Crippen molar-refractivity contribution in [1.82, 2.24) is 0 Å². The summed E-state index contributed by atoms with van der Waals surface area (Å²) >= 11 is 0. The first kappa shape index (κ1) is 19.6. The third-order valence-electron chi connectivity index (χ3n) is 4.62. The summed E-state index contributed by atoms with van der Waals surface area (Å²) in [6.45, 7) is 9.23. The lowest BCUT2D eigenvalue weighted by atomic mass is 9.91. The van der Waals surface area contributed by atoms with Crippen molar-refractivity contribution in [3.63, 3.8) is 0 Å². The Kier molecular flexibility index (Phi) is 6.46. The monoisotopic (exact) mass is 346 g/mol. The molecule has 134 valence electrons. The first-order chi connectivity index (χ1) is 12.3. The molecular weight excluding hydrogens is 320 g/mol. The molecule has 0 bridgehead atoms. The molecule has 2 aromatic rings. The van der Waals surface area contributed by atoms with Gasteiger partial charge in [-0.25, -0.2) is 0 Å². The van der Waals surface area contributed by atoms with Gasteiger partial charge in [0.25, 0.3) is 0 Å². The van der Waals surface area contributed by atoms with Crippen LogP contribution in [0.4, 0.5) is 0 Å². The molecule has 0 radical (unpaired) electrons. The molecule has 0 unspecified atom stereocenters. The SMILES string of the molecule is CC(=O)C(C)=C(CC(=O)C(C)=Cc1ccc(C)cc1)c1ccc(C)cc1. The summed E-state index contributed by atoms with van der Waals surface area (Å²) in [5, 5.41) is 0. The minimum atomic E-state index is -0.00598. The van der Waals surface area contributed by atoms with Crippen molar-refractivity contribution in [1.29, 1.82) is 0 Å². The molecule has 0 saturated carbocycles. The van der Waals surface area contributed by atoms with E-state index < -0.39 is 0 Å². The molecule has 0 saturated heterocycles. The van der Waals surface area contributed by atoms with Crippen LogP contribution in [0.1, 0.15) is 49.4 Å². The van der Waals surface area contributed by atoms with Gasteiger partial charge in [-0.05, 0) is 68.5 Å². The van der Waals surface area contributed by atoms with Gasteiger partial charge in [0.15, 0.2) is 11.6 Å². The number of ketones is 2. The zero-order valence-corrected chi connectivity index (χ0v) is 16.2. The standard InChI is InChI=1S/C24H26O2/c1-16-6-10-21(11-7-16)14-18(3)24(26)15-23(19(4)20(5)25)22-12-8-17(2)9-13-22/h6-14H,15H2,1-5H3. The van der Waals surface area contributed by atoms with E-state index >= 15 is 0 Å². The Labute approximate surface area is 156 Å². The second-order valence-electron chi connectivity index (χ2n) is 6.86. The van der Waals surface area contributed by atoms with Gasteiger partial charge in [-0.1, -0.05) is 59.7 Å². The number of Topliss-reactive ketones (excluding diaryl/α,β-unsaturated/α-hetero) is 2. The van der Waals surface area contributed by atoms with E-state index in [-0.39, 0.29) is 18.0 Å². The fourth-order valence-corrected chi connectivity index (χ4v) is 2.71. The molecule has 2 heteroatoms. The van der Waals surface area contributed by atoms with Crippen LogP contribution in [0, 0.1) is 13.8 Å². The van der Waals surface area contributed by atoms with Crippen molar-refractivity contribution >= 4 is 23.2 Å². The zero-order valence-electron chi connectivity index (χ0n) is 16.2. The quantitative estimate of drug-likeness (QED) is 0.626. The fraction of sp³-hybridized carbons (Fsp3) is 0.250. The molecule has 0 aliphatic rings. The molecule has 2 nitrogen and oxygen atoms in total. The van der Waals surface area contributed by atoms with Crippen molar-refractivity contribution in [3.8, 4) is 0 Å². The molecule has 0 heterocycles. The fourth-order valence-electron chi connectivity index (χ4n) is 2.71. The van der Waals surface area contributed by atoms with Crippen molar-refractivity contribution < 1.29 is 9.59 Å². The third kappa shape index (κ3) is 5.13. The first-order valence-electron chi connectivity index (χ1n) is 8.84. The number of rotatable bonds is 6. The maximum Gasteiger partial charge on any atom is 0.162 e. The van der Waals surface area contributed by atoms with Crippen molar-refractivity contribution in [2.75, 3.05) is 0 Å². The normalized spacial score (nSPS) is 12.6. The summed E-state index contributed by atoms with van der Waals surface area (Å²) in [5.74, 6) is 0.0234. The molecule has 0 amide bonds. The first-order valence-corrected chi connectivity index (χ1v) is 8.84. The average molecular weight is 346 g/mol. The van der Waals surface area contributed by atoms with Crippen LogP contribution >= 0.6 is 0 Å². The Balaban J connectivity index is 2.31. The number of aryl methyl sites for hydroxylation is 2. The van der Waals surface area contributed by atoms with Crippen molar-refractivity contribution in [2.45, 2.75) is 41.0 Å². The van der Waals surface area contributed by atoms with Crippen molar-refractivity contribution in [2.24, 2.45) is 0 Å². The predicted molar refractivity (Wildman–Crippen MR) is 109 cm³/mol. The van der Waals surface area contributed by atoms with E-state index in [4.69, 9.17) is 0 Å². The highest BCUT2D eigenvalue weighted by molar-refractivity contribution is 6.09. The number of hydrogen-bond acceptors (Lipinski definition) is 2. The van der Waals surface area contributed by atoms with E-state index in [0.717, 1.165) is 22.3 Å². The summed E-state index contributed by atoms with van der Waals surface area (Å²) < 4.78 is 0. The van der Waals surface area contributed by atoms with Crippen LogP contribution in [0.3, 0.4) is 0 Å². The Morgan fingerprint density at radius 1 is 0.808 bits per heavy atom. The molecule has 0 aromatic heterocycles. The maximum absolute atomic E-state index is 12.8. The van der Waals surface area contributed by atoms with Gasteiger partial charge >= 0.3 is 0 Å². The van der Waals surface area contributed by atoms with Crippen LogP contribution in [0.2, 0.25) is 0 Å². The second kappa shape index (κ2) is 8.57. The summed E-state index contributed by atoms with van der Waals surface area (Å²) in [6.07, 6.45) is 2.13. The maximum atomic E-state index is 12.8. The molecular formula is C24H26O2. The second-order valence-corrected chi connectivity index (χ2v) is 6.86. The lowest BCUT2D eigenvalue weighted by Gasteiger charge is -2.12. The summed E-state index contributed by atoms with van der Waals surface area (Å²) in [4.78, 5) is 24.7. The summed E-state index contributed by atoms with van der Waals surface area (Å²) in [6, 6.07) is 16.0.